The zero-order valence-electron chi connectivity index (χ0n) is 16.4. The van der Waals surface area contributed by atoms with Crippen molar-refractivity contribution in [2.45, 2.75) is 6.92 Å². The topological polar surface area (TPSA) is 71.5 Å². The third kappa shape index (κ3) is 4.68. The van der Waals surface area contributed by atoms with E-state index < -0.39 is 0 Å². The van der Waals surface area contributed by atoms with Gasteiger partial charge in [-0.25, -0.2) is 0 Å². The maximum atomic E-state index is 12.4. The summed E-state index contributed by atoms with van der Waals surface area (Å²) in [6.07, 6.45) is 1.74. The lowest BCUT2D eigenvalue weighted by Crippen LogP contribution is -2.50. The first-order valence-corrected chi connectivity index (χ1v) is 9.66. The Morgan fingerprint density at radius 1 is 0.931 bits per heavy atom. The second kappa shape index (κ2) is 8.68. The van der Waals surface area contributed by atoms with Crippen LogP contribution in [0, 0.1) is 6.92 Å². The first kappa shape index (κ1) is 18.9. The van der Waals surface area contributed by atoms with Crippen LogP contribution in [0.3, 0.4) is 0 Å². The molecule has 1 aliphatic rings. The smallest absolute Gasteiger partial charge is 0.260 e. The predicted molar refractivity (Wildman–Crippen MR) is 111 cm³/mol. The van der Waals surface area contributed by atoms with E-state index in [9.17, 15) is 4.79 Å². The second-order valence-corrected chi connectivity index (χ2v) is 6.96. The number of benzene rings is 1. The van der Waals surface area contributed by atoms with Crippen LogP contribution < -0.4 is 9.64 Å². The van der Waals surface area contributed by atoms with Gasteiger partial charge in [0.05, 0.1) is 5.69 Å². The molecule has 0 bridgehead atoms. The molecule has 1 aromatic carbocycles. The summed E-state index contributed by atoms with van der Waals surface area (Å²) in [5.74, 6) is 1.53. The number of anilines is 1. The number of hydrogen-bond donors (Lipinski definition) is 0. The van der Waals surface area contributed by atoms with Crippen LogP contribution in [-0.4, -0.2) is 58.8 Å². The molecule has 7 heteroatoms. The maximum absolute atomic E-state index is 12.4. The van der Waals surface area contributed by atoms with Gasteiger partial charge in [0.1, 0.15) is 11.4 Å². The summed E-state index contributed by atoms with van der Waals surface area (Å²) in [4.78, 5) is 20.7. The quantitative estimate of drug-likeness (QED) is 0.668. The van der Waals surface area contributed by atoms with E-state index in [2.05, 4.69) is 20.1 Å². The molecule has 7 nitrogen and oxygen atoms in total. The van der Waals surface area contributed by atoms with Gasteiger partial charge >= 0.3 is 0 Å². The first-order valence-electron chi connectivity index (χ1n) is 9.66. The lowest BCUT2D eigenvalue weighted by Gasteiger charge is -2.35. The molecule has 0 unspecified atom stereocenters. The molecule has 1 fully saturated rings. The fourth-order valence-corrected chi connectivity index (χ4v) is 3.20. The Labute approximate surface area is 170 Å². The molecule has 29 heavy (non-hydrogen) atoms. The SMILES string of the molecule is Cc1ccc(OCC(=O)N2CCN(c3ccc(-c4ccccn4)nn3)CC2)cc1. The maximum Gasteiger partial charge on any atom is 0.260 e. The van der Waals surface area contributed by atoms with Crippen LogP contribution in [-0.2, 0) is 4.79 Å². The summed E-state index contributed by atoms with van der Waals surface area (Å²) in [6.45, 7) is 4.79. The van der Waals surface area contributed by atoms with Gasteiger partial charge in [0.25, 0.3) is 5.91 Å². The Bertz CT molecular complexity index is 937. The Hall–Kier alpha value is -3.48. The van der Waals surface area contributed by atoms with Crippen molar-refractivity contribution in [1.82, 2.24) is 20.1 Å². The number of rotatable bonds is 5. The summed E-state index contributed by atoms with van der Waals surface area (Å²) in [6, 6.07) is 17.3. The normalized spacial score (nSPS) is 14.0. The van der Waals surface area contributed by atoms with Gasteiger partial charge < -0.3 is 14.5 Å². The zero-order chi connectivity index (χ0) is 20.1. The van der Waals surface area contributed by atoms with Crippen molar-refractivity contribution in [2.24, 2.45) is 0 Å². The van der Waals surface area contributed by atoms with Gasteiger partial charge in [-0.2, -0.15) is 0 Å². The zero-order valence-corrected chi connectivity index (χ0v) is 16.4. The van der Waals surface area contributed by atoms with Crippen LogP contribution >= 0.6 is 0 Å². The van der Waals surface area contributed by atoms with Crippen LogP contribution in [0.2, 0.25) is 0 Å². The number of aryl methyl sites for hydroxylation is 1. The van der Waals surface area contributed by atoms with E-state index in [1.807, 2.05) is 66.4 Å². The monoisotopic (exact) mass is 389 g/mol. The molecule has 1 amide bonds. The summed E-state index contributed by atoms with van der Waals surface area (Å²) >= 11 is 0. The van der Waals surface area contributed by atoms with E-state index in [-0.39, 0.29) is 12.5 Å². The third-order valence-electron chi connectivity index (χ3n) is 4.92. The van der Waals surface area contributed by atoms with E-state index in [1.54, 1.807) is 6.20 Å². The molecule has 0 aliphatic carbocycles. The molecule has 2 aromatic heterocycles. The van der Waals surface area contributed by atoms with Crippen LogP contribution in [0.1, 0.15) is 5.56 Å². The van der Waals surface area contributed by atoms with Gasteiger partial charge in [0, 0.05) is 32.4 Å². The van der Waals surface area contributed by atoms with Crippen molar-refractivity contribution in [2.75, 3.05) is 37.7 Å². The highest BCUT2D eigenvalue weighted by Crippen LogP contribution is 2.18. The minimum Gasteiger partial charge on any atom is -0.484 e. The van der Waals surface area contributed by atoms with Crippen molar-refractivity contribution >= 4 is 11.7 Å². The molecule has 4 rings (SSSR count). The molecule has 0 spiro atoms. The number of amides is 1. The van der Waals surface area contributed by atoms with Gasteiger partial charge in [-0.1, -0.05) is 23.8 Å². The summed E-state index contributed by atoms with van der Waals surface area (Å²) in [7, 11) is 0. The van der Waals surface area contributed by atoms with Gasteiger partial charge in [0.2, 0.25) is 0 Å². The van der Waals surface area contributed by atoms with Crippen molar-refractivity contribution < 1.29 is 9.53 Å². The molecule has 0 radical (unpaired) electrons. The number of pyridine rings is 1. The lowest BCUT2D eigenvalue weighted by molar-refractivity contribution is -0.133. The Morgan fingerprint density at radius 2 is 1.72 bits per heavy atom. The van der Waals surface area contributed by atoms with Gasteiger partial charge in [0.15, 0.2) is 12.4 Å². The van der Waals surface area contributed by atoms with E-state index in [1.165, 1.54) is 0 Å². The minimum absolute atomic E-state index is 0.00168. The minimum atomic E-state index is 0.00168. The molecular formula is C22H23N5O2. The first-order chi connectivity index (χ1) is 14.2. The number of piperazine rings is 1. The Kier molecular flexibility index (Phi) is 5.65. The average molecular weight is 389 g/mol. The van der Waals surface area contributed by atoms with Crippen molar-refractivity contribution in [3.05, 3.63) is 66.4 Å². The molecule has 148 valence electrons. The largest absolute Gasteiger partial charge is 0.484 e. The number of aromatic nitrogens is 3. The molecule has 3 aromatic rings. The van der Waals surface area contributed by atoms with Crippen LogP contribution in [0.15, 0.2) is 60.8 Å². The fourth-order valence-electron chi connectivity index (χ4n) is 3.20. The van der Waals surface area contributed by atoms with Gasteiger partial charge in [-0.05, 0) is 43.3 Å². The molecular weight excluding hydrogens is 366 g/mol. The highest BCUT2D eigenvalue weighted by atomic mass is 16.5. The number of carbonyl (C=O) groups is 1. The average Bonchev–Trinajstić information content (AvgIpc) is 2.79. The molecule has 1 saturated heterocycles. The number of carbonyl (C=O) groups excluding carboxylic acids is 1. The lowest BCUT2D eigenvalue weighted by atomic mass is 10.2. The van der Waals surface area contributed by atoms with Gasteiger partial charge in [-0.3, -0.25) is 9.78 Å². The summed E-state index contributed by atoms with van der Waals surface area (Å²) in [5, 5.41) is 8.63. The van der Waals surface area contributed by atoms with Crippen molar-refractivity contribution in [3.8, 4) is 17.1 Å². The highest BCUT2D eigenvalue weighted by Gasteiger charge is 2.22. The number of ether oxygens (including phenoxy) is 1. The molecule has 1 aliphatic heterocycles. The van der Waals surface area contributed by atoms with Crippen LogP contribution in [0.4, 0.5) is 5.82 Å². The van der Waals surface area contributed by atoms with Gasteiger partial charge in [-0.15, -0.1) is 10.2 Å². The molecule has 0 atom stereocenters. The van der Waals surface area contributed by atoms with Crippen molar-refractivity contribution in [1.29, 1.82) is 0 Å². The van der Waals surface area contributed by atoms with E-state index in [0.29, 0.717) is 31.9 Å². The second-order valence-electron chi connectivity index (χ2n) is 6.96. The van der Waals surface area contributed by atoms with Crippen LogP contribution in [0.5, 0.6) is 5.75 Å². The fraction of sp³-hybridized carbons (Fsp3) is 0.273. The van der Waals surface area contributed by atoms with E-state index in [4.69, 9.17) is 4.74 Å². The van der Waals surface area contributed by atoms with E-state index >= 15 is 0 Å². The number of hydrogen-bond acceptors (Lipinski definition) is 6. The molecule has 0 saturated carbocycles. The molecule has 0 N–H and O–H groups in total. The third-order valence-corrected chi connectivity index (χ3v) is 4.92. The van der Waals surface area contributed by atoms with E-state index in [0.717, 1.165) is 22.8 Å². The Balaban J connectivity index is 1.28. The Morgan fingerprint density at radius 3 is 2.38 bits per heavy atom. The summed E-state index contributed by atoms with van der Waals surface area (Å²) < 4.78 is 5.61. The highest BCUT2D eigenvalue weighted by molar-refractivity contribution is 5.78. The number of nitrogens with zero attached hydrogens (tertiary/aromatic N) is 5. The van der Waals surface area contributed by atoms with Crippen LogP contribution in [0.25, 0.3) is 11.4 Å². The predicted octanol–water partition coefficient (Wildman–Crippen LogP) is 2.57. The molecule has 3 heterocycles. The standard InChI is InChI=1S/C22H23N5O2/c1-17-5-7-18(8-6-17)29-16-22(28)27-14-12-26(13-15-27)21-10-9-20(24-25-21)19-4-2-3-11-23-19/h2-11H,12-16H2,1H3. The van der Waals surface area contributed by atoms with Crippen molar-refractivity contribution in [3.63, 3.8) is 0 Å². The summed E-state index contributed by atoms with van der Waals surface area (Å²) in [5.41, 5.74) is 2.71.